The molecule has 5 aliphatic rings. The minimum Gasteiger partial charge on any atom is -0.354 e. The number of likely N-dealkylation sites (tertiary alicyclic amines) is 1. The van der Waals surface area contributed by atoms with Crippen LogP contribution in [0.3, 0.4) is 0 Å². The fraction of sp³-hybridized carbons (Fsp3) is 0.680. The molecule has 1 N–H and O–H groups in total. The van der Waals surface area contributed by atoms with Gasteiger partial charge in [0.1, 0.15) is 6.04 Å². The van der Waals surface area contributed by atoms with E-state index in [2.05, 4.69) is 5.32 Å². The zero-order valence-corrected chi connectivity index (χ0v) is 18.3. The molecule has 0 radical (unpaired) electrons. The van der Waals surface area contributed by atoms with Crippen LogP contribution in [0, 0.1) is 23.2 Å². The van der Waals surface area contributed by atoms with Crippen molar-refractivity contribution < 1.29 is 22.8 Å². The highest BCUT2D eigenvalue weighted by Gasteiger charge is 2.56. The molecule has 0 spiro atoms. The summed E-state index contributed by atoms with van der Waals surface area (Å²) < 4.78 is 38.1. The second-order valence-electron chi connectivity index (χ2n) is 10.6. The van der Waals surface area contributed by atoms with Crippen molar-refractivity contribution in [3.63, 3.8) is 0 Å². The molecule has 1 saturated heterocycles. The van der Waals surface area contributed by atoms with Crippen molar-refractivity contribution in [2.24, 2.45) is 23.2 Å². The Balaban J connectivity index is 1.18. The number of rotatable bonds is 5. The SMILES string of the molecule is O=C(NCCc1ccc(C(F)(F)F)cc1)C1CCCN1C(=O)C12CC3CC(CC(C3)C1)C2. The zero-order chi connectivity index (χ0) is 22.5. The van der Waals surface area contributed by atoms with Crippen LogP contribution in [-0.4, -0.2) is 35.8 Å². The van der Waals surface area contributed by atoms with Gasteiger partial charge in [-0.1, -0.05) is 12.1 Å². The lowest BCUT2D eigenvalue weighted by Gasteiger charge is -2.56. The second kappa shape index (κ2) is 8.07. The van der Waals surface area contributed by atoms with E-state index < -0.39 is 17.8 Å². The first kappa shape index (κ1) is 21.8. The maximum Gasteiger partial charge on any atom is 0.416 e. The molecular weight excluding hydrogens is 417 g/mol. The zero-order valence-electron chi connectivity index (χ0n) is 18.3. The van der Waals surface area contributed by atoms with E-state index in [1.54, 1.807) is 0 Å². The van der Waals surface area contributed by atoms with Crippen molar-refractivity contribution in [3.8, 4) is 0 Å². The first-order valence-electron chi connectivity index (χ1n) is 12.0. The largest absolute Gasteiger partial charge is 0.416 e. The summed E-state index contributed by atoms with van der Waals surface area (Å²) in [5, 5.41) is 2.92. The third-order valence-corrected chi connectivity index (χ3v) is 8.30. The molecule has 1 unspecified atom stereocenters. The second-order valence-corrected chi connectivity index (χ2v) is 10.6. The molecular formula is C25H31F3N2O2. The van der Waals surface area contributed by atoms with E-state index in [1.165, 1.54) is 31.4 Å². The molecule has 1 atom stereocenters. The molecule has 1 aromatic carbocycles. The van der Waals surface area contributed by atoms with E-state index in [0.717, 1.165) is 43.4 Å². The van der Waals surface area contributed by atoms with E-state index >= 15 is 0 Å². The predicted molar refractivity (Wildman–Crippen MR) is 113 cm³/mol. The van der Waals surface area contributed by atoms with Gasteiger partial charge in [-0.15, -0.1) is 0 Å². The summed E-state index contributed by atoms with van der Waals surface area (Å²) in [6.07, 6.45) is 4.46. The first-order chi connectivity index (χ1) is 15.2. The summed E-state index contributed by atoms with van der Waals surface area (Å²) in [6.45, 7) is 0.998. The molecule has 32 heavy (non-hydrogen) atoms. The number of amides is 2. The van der Waals surface area contributed by atoms with E-state index in [1.807, 2.05) is 4.90 Å². The van der Waals surface area contributed by atoms with Gasteiger partial charge in [-0.05, 0) is 93.2 Å². The molecule has 0 aromatic heterocycles. The average Bonchev–Trinajstić information content (AvgIpc) is 3.22. The smallest absolute Gasteiger partial charge is 0.354 e. The van der Waals surface area contributed by atoms with Crippen LogP contribution in [0.4, 0.5) is 13.2 Å². The molecule has 7 heteroatoms. The quantitative estimate of drug-likeness (QED) is 0.717. The lowest BCUT2D eigenvalue weighted by atomic mass is 9.49. The average molecular weight is 449 g/mol. The summed E-state index contributed by atoms with van der Waals surface area (Å²) in [6, 6.07) is 4.63. The third kappa shape index (κ3) is 4.03. The number of carbonyl (C=O) groups is 2. The van der Waals surface area contributed by atoms with Crippen LogP contribution in [0.1, 0.15) is 62.5 Å². The molecule has 1 heterocycles. The molecule has 174 valence electrons. The Morgan fingerprint density at radius 1 is 1.00 bits per heavy atom. The van der Waals surface area contributed by atoms with Crippen LogP contribution in [-0.2, 0) is 22.2 Å². The monoisotopic (exact) mass is 448 g/mol. The van der Waals surface area contributed by atoms with Gasteiger partial charge in [0.25, 0.3) is 0 Å². The highest BCUT2D eigenvalue weighted by atomic mass is 19.4. The van der Waals surface area contributed by atoms with Crippen LogP contribution >= 0.6 is 0 Å². The molecule has 4 nitrogen and oxygen atoms in total. The number of nitrogens with one attached hydrogen (secondary N) is 1. The van der Waals surface area contributed by atoms with Crippen LogP contribution in [0.15, 0.2) is 24.3 Å². The summed E-state index contributed by atoms with van der Waals surface area (Å²) in [7, 11) is 0. The van der Waals surface area contributed by atoms with E-state index in [-0.39, 0.29) is 17.2 Å². The van der Waals surface area contributed by atoms with Gasteiger partial charge >= 0.3 is 6.18 Å². The lowest BCUT2D eigenvalue weighted by Crippen LogP contribution is -2.57. The van der Waals surface area contributed by atoms with E-state index in [0.29, 0.717) is 43.7 Å². The highest BCUT2D eigenvalue weighted by Crippen LogP contribution is 2.60. The number of benzene rings is 1. The van der Waals surface area contributed by atoms with Crippen LogP contribution in [0.2, 0.25) is 0 Å². The van der Waals surface area contributed by atoms with Gasteiger partial charge < -0.3 is 10.2 Å². The number of hydrogen-bond acceptors (Lipinski definition) is 2. The minimum absolute atomic E-state index is 0.132. The van der Waals surface area contributed by atoms with Gasteiger partial charge in [0.15, 0.2) is 0 Å². The standard InChI is InChI=1S/C25H31F3N2O2/c26-25(27,28)20-5-3-16(4-6-20)7-8-29-22(31)21-2-1-9-30(21)23(32)24-13-17-10-18(14-24)12-19(11-17)15-24/h3-6,17-19,21H,1-2,7-15H2,(H,29,31). The van der Waals surface area contributed by atoms with Crippen LogP contribution in [0.25, 0.3) is 0 Å². The highest BCUT2D eigenvalue weighted by molar-refractivity contribution is 5.91. The Morgan fingerprint density at radius 2 is 1.59 bits per heavy atom. The summed E-state index contributed by atoms with van der Waals surface area (Å²) in [4.78, 5) is 28.4. The van der Waals surface area contributed by atoms with Gasteiger partial charge in [-0.3, -0.25) is 9.59 Å². The summed E-state index contributed by atoms with van der Waals surface area (Å²) in [5.41, 5.74) is -0.168. The van der Waals surface area contributed by atoms with Crippen molar-refractivity contribution >= 4 is 11.8 Å². The lowest BCUT2D eigenvalue weighted by molar-refractivity contribution is -0.160. The minimum atomic E-state index is -4.35. The van der Waals surface area contributed by atoms with Gasteiger partial charge in [0.2, 0.25) is 11.8 Å². The number of alkyl halides is 3. The number of hydrogen-bond donors (Lipinski definition) is 1. The first-order valence-corrected chi connectivity index (χ1v) is 12.0. The predicted octanol–water partition coefficient (Wildman–Crippen LogP) is 4.57. The maximum atomic E-state index is 13.7. The normalized spacial score (nSPS) is 33.5. The summed E-state index contributed by atoms with van der Waals surface area (Å²) >= 11 is 0. The fourth-order valence-electron chi connectivity index (χ4n) is 7.27. The Bertz CT molecular complexity index is 845. The molecule has 1 aliphatic heterocycles. The molecule has 4 saturated carbocycles. The topological polar surface area (TPSA) is 49.4 Å². The van der Waals surface area contributed by atoms with Gasteiger partial charge in [0.05, 0.1) is 11.0 Å². The molecule has 1 aromatic rings. The van der Waals surface area contributed by atoms with E-state index in [9.17, 15) is 22.8 Å². The Hall–Kier alpha value is -2.05. The van der Waals surface area contributed by atoms with Crippen molar-refractivity contribution in [1.82, 2.24) is 10.2 Å². The molecule has 6 rings (SSSR count). The van der Waals surface area contributed by atoms with Crippen molar-refractivity contribution in [2.75, 3.05) is 13.1 Å². The molecule has 4 aliphatic carbocycles. The van der Waals surface area contributed by atoms with E-state index in [4.69, 9.17) is 0 Å². The summed E-state index contributed by atoms with van der Waals surface area (Å²) in [5.74, 6) is 2.13. The number of halogens is 3. The number of nitrogens with zero attached hydrogens (tertiary/aromatic N) is 1. The molecule has 2 amide bonds. The Labute approximate surface area is 186 Å². The fourth-order valence-corrected chi connectivity index (χ4v) is 7.27. The van der Waals surface area contributed by atoms with Gasteiger partial charge in [0, 0.05) is 13.1 Å². The van der Waals surface area contributed by atoms with Crippen molar-refractivity contribution in [2.45, 2.75) is 70.0 Å². The maximum absolute atomic E-state index is 13.7. The third-order valence-electron chi connectivity index (χ3n) is 8.30. The Morgan fingerprint density at radius 3 is 2.16 bits per heavy atom. The molecule has 4 bridgehead atoms. The van der Waals surface area contributed by atoms with Gasteiger partial charge in [-0.25, -0.2) is 0 Å². The van der Waals surface area contributed by atoms with Crippen LogP contribution in [0.5, 0.6) is 0 Å². The van der Waals surface area contributed by atoms with Crippen molar-refractivity contribution in [1.29, 1.82) is 0 Å². The van der Waals surface area contributed by atoms with Crippen LogP contribution < -0.4 is 5.32 Å². The Kier molecular flexibility index (Phi) is 5.49. The molecule has 5 fully saturated rings. The number of carbonyl (C=O) groups excluding carboxylic acids is 2. The van der Waals surface area contributed by atoms with Gasteiger partial charge in [-0.2, -0.15) is 13.2 Å². The van der Waals surface area contributed by atoms with Crippen molar-refractivity contribution in [3.05, 3.63) is 35.4 Å².